The van der Waals surface area contributed by atoms with Crippen LogP contribution in [-0.2, 0) is 0 Å². The van der Waals surface area contributed by atoms with Crippen molar-refractivity contribution in [2.24, 2.45) is 0 Å². The minimum absolute atomic E-state index is 0.628. The highest BCUT2D eigenvalue weighted by Crippen LogP contribution is 2.25. The summed E-state index contributed by atoms with van der Waals surface area (Å²) in [5.41, 5.74) is 2.73. The second-order valence-electron chi connectivity index (χ2n) is 6.92. The number of ether oxygens (including phenoxy) is 2. The van der Waals surface area contributed by atoms with E-state index < -0.39 is 0 Å². The summed E-state index contributed by atoms with van der Waals surface area (Å²) in [6, 6.07) is 11.7. The van der Waals surface area contributed by atoms with Gasteiger partial charge in [0, 0.05) is 18.2 Å². The van der Waals surface area contributed by atoms with Crippen molar-refractivity contribution >= 4 is 5.65 Å². The summed E-state index contributed by atoms with van der Waals surface area (Å²) >= 11 is 0. The molecule has 0 atom stereocenters. The van der Waals surface area contributed by atoms with Crippen LogP contribution in [0.2, 0.25) is 0 Å². The monoisotopic (exact) mass is 366 g/mol. The molecule has 0 amide bonds. The van der Waals surface area contributed by atoms with Crippen LogP contribution in [0.4, 0.5) is 0 Å². The van der Waals surface area contributed by atoms with Crippen LogP contribution in [-0.4, -0.2) is 52.8 Å². The molecule has 142 valence electrons. The maximum atomic E-state index is 5.90. The Labute approximate surface area is 159 Å². The quantitative estimate of drug-likeness (QED) is 0.597. The molecule has 1 aliphatic rings. The lowest BCUT2D eigenvalue weighted by Crippen LogP contribution is -2.31. The molecule has 0 radical (unpaired) electrons. The van der Waals surface area contributed by atoms with Gasteiger partial charge in [-0.25, -0.2) is 9.50 Å². The summed E-state index contributed by atoms with van der Waals surface area (Å²) in [4.78, 5) is 6.97. The van der Waals surface area contributed by atoms with Crippen molar-refractivity contribution in [3.05, 3.63) is 42.6 Å². The number of benzene rings is 1. The minimum Gasteiger partial charge on any atom is -0.497 e. The molecule has 1 aliphatic heterocycles. The third kappa shape index (κ3) is 4.22. The van der Waals surface area contributed by atoms with Crippen LogP contribution in [0.3, 0.4) is 0 Å². The van der Waals surface area contributed by atoms with Crippen LogP contribution in [0.5, 0.6) is 11.6 Å². The summed E-state index contributed by atoms with van der Waals surface area (Å²) in [5.74, 6) is 1.44. The topological polar surface area (TPSA) is 51.9 Å². The first-order chi connectivity index (χ1) is 13.3. The average Bonchev–Trinajstić information content (AvgIpc) is 3.15. The maximum Gasteiger partial charge on any atom is 0.231 e. The fourth-order valence-electron chi connectivity index (χ4n) is 3.56. The Kier molecular flexibility index (Phi) is 5.53. The molecule has 27 heavy (non-hydrogen) atoms. The van der Waals surface area contributed by atoms with Crippen LogP contribution in [0, 0.1) is 0 Å². The zero-order valence-electron chi connectivity index (χ0n) is 15.8. The van der Waals surface area contributed by atoms with Crippen molar-refractivity contribution < 1.29 is 9.47 Å². The van der Waals surface area contributed by atoms with Crippen molar-refractivity contribution in [2.45, 2.75) is 25.7 Å². The van der Waals surface area contributed by atoms with E-state index in [0.717, 1.165) is 35.6 Å². The van der Waals surface area contributed by atoms with Crippen molar-refractivity contribution in [2.75, 3.05) is 33.4 Å². The van der Waals surface area contributed by atoms with E-state index in [0.29, 0.717) is 12.5 Å². The van der Waals surface area contributed by atoms with E-state index in [4.69, 9.17) is 9.47 Å². The van der Waals surface area contributed by atoms with E-state index in [-0.39, 0.29) is 0 Å². The first-order valence-corrected chi connectivity index (χ1v) is 9.68. The number of rotatable bonds is 7. The first-order valence-electron chi connectivity index (χ1n) is 9.68. The standard InChI is InChI=1S/C21H26N4O2/c1-26-18-8-5-7-17(15-18)19-16-22-20-9-10-21(23-25(19)20)27-14-6-13-24-11-3-2-4-12-24/h5,7-10,15-16H,2-4,6,11-14H2,1H3. The molecule has 1 saturated heterocycles. The summed E-state index contributed by atoms with van der Waals surface area (Å²) < 4.78 is 13.1. The van der Waals surface area contributed by atoms with E-state index in [1.807, 2.05) is 47.1 Å². The van der Waals surface area contributed by atoms with Crippen molar-refractivity contribution in [3.8, 4) is 22.9 Å². The van der Waals surface area contributed by atoms with E-state index in [1.54, 1.807) is 7.11 Å². The molecule has 6 heteroatoms. The number of imidazole rings is 1. The molecule has 2 aromatic heterocycles. The highest BCUT2D eigenvalue weighted by atomic mass is 16.5. The smallest absolute Gasteiger partial charge is 0.231 e. The highest BCUT2D eigenvalue weighted by Gasteiger charge is 2.11. The lowest BCUT2D eigenvalue weighted by atomic mass is 10.1. The van der Waals surface area contributed by atoms with Gasteiger partial charge in [0.1, 0.15) is 5.75 Å². The number of hydrogen-bond donors (Lipinski definition) is 0. The van der Waals surface area contributed by atoms with Gasteiger partial charge in [0.05, 0.1) is 25.6 Å². The second-order valence-corrected chi connectivity index (χ2v) is 6.92. The Morgan fingerprint density at radius 2 is 1.96 bits per heavy atom. The van der Waals surface area contributed by atoms with Crippen LogP contribution in [0.1, 0.15) is 25.7 Å². The maximum absolute atomic E-state index is 5.90. The lowest BCUT2D eigenvalue weighted by Gasteiger charge is -2.26. The Morgan fingerprint density at radius 1 is 1.07 bits per heavy atom. The number of piperidine rings is 1. The van der Waals surface area contributed by atoms with Crippen molar-refractivity contribution in [1.29, 1.82) is 0 Å². The number of methoxy groups -OCH3 is 1. The van der Waals surface area contributed by atoms with Gasteiger partial charge in [0.2, 0.25) is 5.88 Å². The van der Waals surface area contributed by atoms with Crippen molar-refractivity contribution in [1.82, 2.24) is 19.5 Å². The molecule has 1 aromatic carbocycles. The molecule has 1 fully saturated rings. The van der Waals surface area contributed by atoms with Gasteiger partial charge in [-0.05, 0) is 50.6 Å². The SMILES string of the molecule is COc1cccc(-c2cnc3ccc(OCCCN4CCCCC4)nn23)c1. The second kappa shape index (κ2) is 8.39. The van der Waals surface area contributed by atoms with Gasteiger partial charge in [-0.3, -0.25) is 0 Å². The third-order valence-corrected chi connectivity index (χ3v) is 5.02. The van der Waals surface area contributed by atoms with Gasteiger partial charge in [-0.15, -0.1) is 5.10 Å². The molecule has 6 nitrogen and oxygen atoms in total. The Hall–Kier alpha value is -2.60. The van der Waals surface area contributed by atoms with E-state index >= 15 is 0 Å². The molecule has 0 bridgehead atoms. The molecule has 3 aromatic rings. The molecular weight excluding hydrogens is 340 g/mol. The van der Waals surface area contributed by atoms with Crippen LogP contribution in [0.15, 0.2) is 42.6 Å². The largest absolute Gasteiger partial charge is 0.497 e. The van der Waals surface area contributed by atoms with Gasteiger partial charge in [-0.2, -0.15) is 0 Å². The molecular formula is C21H26N4O2. The van der Waals surface area contributed by atoms with Gasteiger partial charge in [0.15, 0.2) is 5.65 Å². The summed E-state index contributed by atoms with van der Waals surface area (Å²) in [6.45, 7) is 4.23. The molecule has 3 heterocycles. The van der Waals surface area contributed by atoms with Crippen LogP contribution >= 0.6 is 0 Å². The van der Waals surface area contributed by atoms with Crippen LogP contribution in [0.25, 0.3) is 16.9 Å². The number of nitrogens with zero attached hydrogens (tertiary/aromatic N) is 4. The van der Waals surface area contributed by atoms with Crippen LogP contribution < -0.4 is 9.47 Å². The molecule has 0 N–H and O–H groups in total. The number of hydrogen-bond acceptors (Lipinski definition) is 5. The lowest BCUT2D eigenvalue weighted by molar-refractivity contribution is 0.202. The number of fused-ring (bicyclic) bond motifs is 1. The summed E-state index contributed by atoms with van der Waals surface area (Å²) in [7, 11) is 1.67. The molecule has 0 aliphatic carbocycles. The van der Waals surface area contributed by atoms with Gasteiger partial charge >= 0.3 is 0 Å². The Balaban J connectivity index is 1.43. The van der Waals surface area contributed by atoms with Gasteiger partial charge in [-0.1, -0.05) is 18.6 Å². The zero-order valence-corrected chi connectivity index (χ0v) is 15.8. The molecule has 0 saturated carbocycles. The van der Waals surface area contributed by atoms with E-state index in [1.165, 1.54) is 32.4 Å². The fourth-order valence-corrected chi connectivity index (χ4v) is 3.56. The predicted octanol–water partition coefficient (Wildman–Crippen LogP) is 3.66. The zero-order chi connectivity index (χ0) is 18.5. The fraction of sp³-hybridized carbons (Fsp3) is 0.429. The number of aromatic nitrogens is 3. The minimum atomic E-state index is 0.628. The van der Waals surface area contributed by atoms with E-state index in [2.05, 4.69) is 15.0 Å². The molecule has 0 unspecified atom stereocenters. The van der Waals surface area contributed by atoms with Gasteiger partial charge in [0.25, 0.3) is 0 Å². The summed E-state index contributed by atoms with van der Waals surface area (Å²) in [6.07, 6.45) is 6.88. The van der Waals surface area contributed by atoms with Gasteiger partial charge < -0.3 is 14.4 Å². The average molecular weight is 366 g/mol. The third-order valence-electron chi connectivity index (χ3n) is 5.02. The first kappa shape index (κ1) is 17.8. The normalized spacial score (nSPS) is 15.1. The summed E-state index contributed by atoms with van der Waals surface area (Å²) in [5, 5.41) is 4.63. The molecule has 0 spiro atoms. The predicted molar refractivity (Wildman–Crippen MR) is 105 cm³/mol. The highest BCUT2D eigenvalue weighted by molar-refractivity contribution is 5.64. The molecule has 4 rings (SSSR count). The van der Waals surface area contributed by atoms with Crippen molar-refractivity contribution in [3.63, 3.8) is 0 Å². The van der Waals surface area contributed by atoms with E-state index in [9.17, 15) is 0 Å². The Morgan fingerprint density at radius 3 is 2.81 bits per heavy atom. The Bertz CT molecular complexity index is 887. The number of likely N-dealkylation sites (tertiary alicyclic amines) is 1.